The second kappa shape index (κ2) is 7.43. The van der Waals surface area contributed by atoms with E-state index in [1.54, 1.807) is 42.9 Å². The number of H-pyrrole nitrogens is 1. The lowest BCUT2D eigenvalue weighted by Crippen LogP contribution is -2.10. The topological polar surface area (TPSA) is 53.6 Å². The van der Waals surface area contributed by atoms with E-state index in [2.05, 4.69) is 26.8 Å². The molecule has 0 amide bonds. The van der Waals surface area contributed by atoms with Crippen LogP contribution in [-0.4, -0.2) is 15.0 Å². The number of rotatable bonds is 5. The highest BCUT2D eigenvalue weighted by molar-refractivity contribution is 5.95. The van der Waals surface area contributed by atoms with Crippen LogP contribution in [-0.2, 0) is 12.7 Å². The minimum atomic E-state index is -4.49. The summed E-state index contributed by atoms with van der Waals surface area (Å²) in [5, 5.41) is 3.84. The van der Waals surface area contributed by atoms with Gasteiger partial charge in [-0.1, -0.05) is 18.7 Å². The van der Waals surface area contributed by atoms with E-state index in [0.29, 0.717) is 29.1 Å². The van der Waals surface area contributed by atoms with Gasteiger partial charge in [0.1, 0.15) is 11.5 Å². The fourth-order valence-electron chi connectivity index (χ4n) is 3.21. The van der Waals surface area contributed by atoms with Crippen LogP contribution >= 0.6 is 0 Å². The first-order chi connectivity index (χ1) is 13.9. The van der Waals surface area contributed by atoms with Gasteiger partial charge in [-0.3, -0.25) is 0 Å². The van der Waals surface area contributed by atoms with Gasteiger partial charge in [-0.15, -0.1) is 0 Å². The van der Waals surface area contributed by atoms with Crippen molar-refractivity contribution in [1.82, 2.24) is 15.0 Å². The molecule has 0 aliphatic rings. The van der Waals surface area contributed by atoms with Gasteiger partial charge in [0.2, 0.25) is 0 Å². The molecule has 0 saturated carbocycles. The van der Waals surface area contributed by atoms with Crippen molar-refractivity contribution in [3.8, 4) is 0 Å². The molecule has 0 fully saturated rings. The van der Waals surface area contributed by atoms with E-state index in [1.807, 2.05) is 6.07 Å². The van der Waals surface area contributed by atoms with E-state index in [-0.39, 0.29) is 11.1 Å². The number of fused-ring (bicyclic) bond motifs is 1. The summed E-state index contributed by atoms with van der Waals surface area (Å²) in [5.41, 5.74) is 1.50. The maximum atomic E-state index is 13.7. The van der Waals surface area contributed by atoms with Crippen molar-refractivity contribution in [2.24, 2.45) is 0 Å². The van der Waals surface area contributed by atoms with E-state index in [1.165, 1.54) is 12.1 Å². The van der Waals surface area contributed by atoms with Crippen LogP contribution in [0.4, 0.5) is 19.0 Å². The van der Waals surface area contributed by atoms with Gasteiger partial charge in [0.25, 0.3) is 0 Å². The van der Waals surface area contributed by atoms with E-state index >= 15 is 0 Å². The number of pyridine rings is 2. The first kappa shape index (κ1) is 18.7. The van der Waals surface area contributed by atoms with Crippen LogP contribution in [0.1, 0.15) is 22.3 Å². The number of aromatic nitrogens is 3. The van der Waals surface area contributed by atoms with Crippen LogP contribution in [0.15, 0.2) is 73.7 Å². The Morgan fingerprint density at radius 3 is 2.59 bits per heavy atom. The molecular formula is C22H17F3N4. The quantitative estimate of drug-likeness (QED) is 0.460. The summed E-state index contributed by atoms with van der Waals surface area (Å²) < 4.78 is 41.0. The molecule has 3 heterocycles. The third kappa shape index (κ3) is 3.85. The Hall–Kier alpha value is -3.61. The van der Waals surface area contributed by atoms with Gasteiger partial charge in [-0.05, 0) is 53.1 Å². The first-order valence-electron chi connectivity index (χ1n) is 8.90. The molecule has 0 atom stereocenters. The molecule has 29 heavy (non-hydrogen) atoms. The maximum Gasteiger partial charge on any atom is 0.417 e. The van der Waals surface area contributed by atoms with E-state index in [0.717, 1.165) is 11.5 Å². The van der Waals surface area contributed by atoms with Crippen molar-refractivity contribution in [2.75, 3.05) is 5.32 Å². The molecule has 1 aromatic carbocycles. The van der Waals surface area contributed by atoms with Crippen molar-refractivity contribution in [3.63, 3.8) is 0 Å². The summed E-state index contributed by atoms with van der Waals surface area (Å²) in [6, 6.07) is 13.1. The number of benzene rings is 1. The number of aromatic amines is 1. The fourth-order valence-corrected chi connectivity index (χ4v) is 3.21. The minimum absolute atomic E-state index is 0.0440. The fraction of sp³-hybridized carbons (Fsp3) is 0.0909. The van der Waals surface area contributed by atoms with Crippen LogP contribution in [0.2, 0.25) is 0 Å². The van der Waals surface area contributed by atoms with E-state index < -0.39 is 11.7 Å². The SMILES string of the molecule is C=C(c1cc(CNc2ccccn2)ccc1C(F)(F)F)c1c[nH]c2ncccc12. The number of hydrogen-bond donors (Lipinski definition) is 2. The Labute approximate surface area is 165 Å². The molecule has 0 saturated heterocycles. The van der Waals surface area contributed by atoms with Crippen molar-refractivity contribution in [3.05, 3.63) is 96.0 Å². The van der Waals surface area contributed by atoms with Gasteiger partial charge in [0.15, 0.2) is 0 Å². The zero-order valence-electron chi connectivity index (χ0n) is 15.3. The molecule has 7 heteroatoms. The van der Waals surface area contributed by atoms with Crippen LogP contribution < -0.4 is 5.32 Å². The lowest BCUT2D eigenvalue weighted by atomic mass is 9.93. The van der Waals surface area contributed by atoms with Gasteiger partial charge in [-0.25, -0.2) is 9.97 Å². The molecule has 146 valence electrons. The van der Waals surface area contributed by atoms with Crippen molar-refractivity contribution >= 4 is 22.4 Å². The van der Waals surface area contributed by atoms with Gasteiger partial charge in [0, 0.05) is 36.1 Å². The summed E-state index contributed by atoms with van der Waals surface area (Å²) in [6.45, 7) is 4.31. The largest absolute Gasteiger partial charge is 0.417 e. The molecule has 2 N–H and O–H groups in total. The molecule has 4 nitrogen and oxygen atoms in total. The number of alkyl halides is 3. The van der Waals surface area contributed by atoms with Gasteiger partial charge in [0.05, 0.1) is 5.56 Å². The Morgan fingerprint density at radius 1 is 1.00 bits per heavy atom. The molecular weight excluding hydrogens is 377 g/mol. The summed E-state index contributed by atoms with van der Waals surface area (Å²) >= 11 is 0. The highest BCUT2D eigenvalue weighted by atomic mass is 19.4. The van der Waals surface area contributed by atoms with Crippen LogP contribution in [0.3, 0.4) is 0 Å². The molecule has 0 radical (unpaired) electrons. The maximum absolute atomic E-state index is 13.7. The van der Waals surface area contributed by atoms with E-state index in [4.69, 9.17) is 0 Å². The number of anilines is 1. The predicted molar refractivity (Wildman–Crippen MR) is 107 cm³/mol. The third-order valence-corrected chi connectivity index (χ3v) is 4.63. The average Bonchev–Trinajstić information content (AvgIpc) is 3.16. The monoisotopic (exact) mass is 394 g/mol. The van der Waals surface area contributed by atoms with Crippen molar-refractivity contribution in [2.45, 2.75) is 12.7 Å². The summed E-state index contributed by atoms with van der Waals surface area (Å²) in [4.78, 5) is 11.3. The Kier molecular flexibility index (Phi) is 4.80. The zero-order chi connectivity index (χ0) is 20.4. The Morgan fingerprint density at radius 2 is 1.83 bits per heavy atom. The predicted octanol–water partition coefficient (Wildman–Crippen LogP) is 5.65. The lowest BCUT2D eigenvalue weighted by molar-refractivity contribution is -0.137. The van der Waals surface area contributed by atoms with E-state index in [9.17, 15) is 13.2 Å². The molecule has 0 bridgehead atoms. The van der Waals surface area contributed by atoms with Crippen LogP contribution in [0.5, 0.6) is 0 Å². The number of nitrogens with zero attached hydrogens (tertiary/aromatic N) is 2. The Balaban J connectivity index is 1.72. The first-order valence-corrected chi connectivity index (χ1v) is 8.90. The summed E-state index contributed by atoms with van der Waals surface area (Å²) in [7, 11) is 0. The summed E-state index contributed by atoms with van der Waals surface area (Å²) in [6.07, 6.45) is 0.415. The molecule has 3 aromatic heterocycles. The Bertz CT molecular complexity index is 1160. The highest BCUT2D eigenvalue weighted by Crippen LogP contribution is 2.38. The standard InChI is InChI=1S/C22H17F3N4/c1-14(18-13-29-21-16(18)5-4-10-27-21)17-11-15(7-8-19(17)22(23,24)25)12-28-20-6-2-3-9-26-20/h2-11,13H,1,12H2,(H,26,28)(H,27,29). The third-order valence-electron chi connectivity index (χ3n) is 4.63. The highest BCUT2D eigenvalue weighted by Gasteiger charge is 2.34. The second-order valence-corrected chi connectivity index (χ2v) is 6.53. The minimum Gasteiger partial charge on any atom is -0.366 e. The summed E-state index contributed by atoms with van der Waals surface area (Å²) in [5.74, 6) is 0.649. The number of halogens is 3. The molecule has 4 aromatic rings. The van der Waals surface area contributed by atoms with Gasteiger partial charge >= 0.3 is 6.18 Å². The van der Waals surface area contributed by atoms with Crippen LogP contribution in [0.25, 0.3) is 16.6 Å². The van der Waals surface area contributed by atoms with Crippen molar-refractivity contribution < 1.29 is 13.2 Å². The molecule has 0 unspecified atom stereocenters. The molecule has 4 rings (SSSR count). The van der Waals surface area contributed by atoms with Gasteiger partial charge in [-0.2, -0.15) is 13.2 Å². The number of nitrogens with one attached hydrogen (secondary N) is 2. The lowest BCUT2D eigenvalue weighted by Gasteiger charge is -2.16. The second-order valence-electron chi connectivity index (χ2n) is 6.53. The van der Waals surface area contributed by atoms with Crippen molar-refractivity contribution in [1.29, 1.82) is 0 Å². The molecule has 0 spiro atoms. The molecule has 0 aliphatic carbocycles. The molecule has 0 aliphatic heterocycles. The normalized spacial score (nSPS) is 11.6. The van der Waals surface area contributed by atoms with Gasteiger partial charge < -0.3 is 10.3 Å². The number of hydrogen-bond acceptors (Lipinski definition) is 3. The smallest absolute Gasteiger partial charge is 0.366 e. The zero-order valence-corrected chi connectivity index (χ0v) is 15.3. The van der Waals surface area contributed by atoms with Crippen LogP contribution in [0, 0.1) is 0 Å². The average molecular weight is 394 g/mol.